The summed E-state index contributed by atoms with van der Waals surface area (Å²) in [6, 6.07) is 14.0. The molecule has 3 aromatic rings. The van der Waals surface area contributed by atoms with Gasteiger partial charge in [-0.15, -0.1) is 0 Å². The van der Waals surface area contributed by atoms with Crippen LogP contribution in [-0.4, -0.2) is 15.5 Å². The molecule has 1 saturated carbocycles. The van der Waals surface area contributed by atoms with Crippen molar-refractivity contribution in [3.63, 3.8) is 0 Å². The van der Waals surface area contributed by atoms with Gasteiger partial charge in [0.15, 0.2) is 11.9 Å². The van der Waals surface area contributed by atoms with Crippen molar-refractivity contribution in [3.05, 3.63) is 64.9 Å². The number of nitrogens with zero attached hydrogens (tertiary/aromatic N) is 2. The average molecular weight is 391 g/mol. The summed E-state index contributed by atoms with van der Waals surface area (Å²) in [6.45, 7) is -1.21. The minimum atomic E-state index is -2.77. The number of esters is 1. The number of halogens is 3. The second-order valence-electron chi connectivity index (χ2n) is 6.66. The molecule has 27 heavy (non-hydrogen) atoms. The fourth-order valence-corrected chi connectivity index (χ4v) is 3.72. The molecule has 2 aromatic carbocycles. The molecule has 3 atom stereocenters. The minimum absolute atomic E-state index is 0.00677. The standard InChI is InChI=1S/C20H17ClF2N2O2/c1-11(18-24-16-8-4-5-9-17(16)25(18)20(22)23)27-19(26)14-10-13(14)12-6-2-3-7-15(12)21/h2-9,11,13-14,20H,10H2,1H3. The van der Waals surface area contributed by atoms with E-state index in [0.717, 1.165) is 10.1 Å². The first kappa shape index (κ1) is 17.9. The predicted molar refractivity (Wildman–Crippen MR) is 97.8 cm³/mol. The van der Waals surface area contributed by atoms with Gasteiger partial charge in [0.1, 0.15) is 0 Å². The Kier molecular flexibility index (Phi) is 4.60. The van der Waals surface area contributed by atoms with Crippen LogP contribution in [0.5, 0.6) is 0 Å². The first-order valence-electron chi connectivity index (χ1n) is 8.67. The summed E-state index contributed by atoms with van der Waals surface area (Å²) in [5.74, 6) is -0.682. The van der Waals surface area contributed by atoms with Crippen molar-refractivity contribution in [2.24, 2.45) is 5.92 Å². The summed E-state index contributed by atoms with van der Waals surface area (Å²) in [5, 5.41) is 0.616. The number of para-hydroxylation sites is 2. The smallest absolute Gasteiger partial charge is 0.320 e. The first-order chi connectivity index (χ1) is 13.0. The first-order valence-corrected chi connectivity index (χ1v) is 9.05. The molecular weight excluding hydrogens is 374 g/mol. The highest BCUT2D eigenvalue weighted by Crippen LogP contribution is 2.50. The highest BCUT2D eigenvalue weighted by molar-refractivity contribution is 6.31. The van der Waals surface area contributed by atoms with Crippen molar-refractivity contribution >= 4 is 28.6 Å². The van der Waals surface area contributed by atoms with Crippen LogP contribution < -0.4 is 0 Å². The molecule has 1 aromatic heterocycles. The molecule has 7 heteroatoms. The van der Waals surface area contributed by atoms with Gasteiger partial charge < -0.3 is 4.74 Å². The van der Waals surface area contributed by atoms with Crippen LogP contribution in [0.2, 0.25) is 5.02 Å². The molecule has 1 heterocycles. The van der Waals surface area contributed by atoms with E-state index in [1.165, 1.54) is 0 Å². The second-order valence-corrected chi connectivity index (χ2v) is 7.06. The van der Waals surface area contributed by atoms with E-state index in [-0.39, 0.29) is 17.7 Å². The molecule has 0 N–H and O–H groups in total. The zero-order chi connectivity index (χ0) is 19.1. The van der Waals surface area contributed by atoms with E-state index < -0.39 is 18.6 Å². The SMILES string of the molecule is CC(OC(=O)C1CC1c1ccccc1Cl)c1nc2ccccc2n1C(F)F. The molecule has 0 aliphatic heterocycles. The highest BCUT2D eigenvalue weighted by atomic mass is 35.5. The van der Waals surface area contributed by atoms with Crippen LogP contribution in [0.1, 0.15) is 43.3 Å². The van der Waals surface area contributed by atoms with Gasteiger partial charge in [-0.05, 0) is 43.0 Å². The van der Waals surface area contributed by atoms with Crippen LogP contribution >= 0.6 is 11.6 Å². The zero-order valence-corrected chi connectivity index (χ0v) is 15.2. The Labute approximate surface area is 159 Å². The number of fused-ring (bicyclic) bond motifs is 1. The normalized spacial score (nSPS) is 20.0. The fraction of sp³-hybridized carbons (Fsp3) is 0.300. The summed E-state index contributed by atoms with van der Waals surface area (Å²) in [5.41, 5.74) is 1.66. The third-order valence-corrected chi connectivity index (χ3v) is 5.22. The molecular formula is C20H17ClF2N2O2. The molecule has 4 rings (SSSR count). The number of hydrogen-bond acceptors (Lipinski definition) is 3. The van der Waals surface area contributed by atoms with Gasteiger partial charge in [0.25, 0.3) is 0 Å². The Balaban J connectivity index is 1.52. The maximum atomic E-state index is 13.6. The monoisotopic (exact) mass is 390 g/mol. The van der Waals surface area contributed by atoms with Gasteiger partial charge in [0.05, 0.1) is 17.0 Å². The molecule has 4 nitrogen and oxygen atoms in total. The van der Waals surface area contributed by atoms with Gasteiger partial charge in [0, 0.05) is 5.02 Å². The maximum absolute atomic E-state index is 13.6. The molecule has 3 unspecified atom stereocenters. The van der Waals surface area contributed by atoms with E-state index in [1.54, 1.807) is 37.3 Å². The Morgan fingerprint density at radius 3 is 2.67 bits per heavy atom. The second kappa shape index (κ2) is 6.93. The summed E-state index contributed by atoms with van der Waals surface area (Å²) >= 11 is 6.18. The van der Waals surface area contributed by atoms with Crippen LogP contribution in [0.3, 0.4) is 0 Å². The number of benzene rings is 2. The number of carbonyl (C=O) groups is 1. The highest BCUT2D eigenvalue weighted by Gasteiger charge is 2.46. The van der Waals surface area contributed by atoms with Gasteiger partial charge >= 0.3 is 12.5 Å². The van der Waals surface area contributed by atoms with Crippen LogP contribution in [-0.2, 0) is 9.53 Å². The van der Waals surface area contributed by atoms with Crippen molar-refractivity contribution in [2.75, 3.05) is 0 Å². The Hall–Kier alpha value is -2.47. The lowest BCUT2D eigenvalue weighted by molar-refractivity contribution is -0.151. The van der Waals surface area contributed by atoms with Crippen molar-refractivity contribution in [1.29, 1.82) is 0 Å². The minimum Gasteiger partial charge on any atom is -0.454 e. The fourth-order valence-electron chi connectivity index (χ4n) is 3.44. The molecule has 1 aliphatic carbocycles. The predicted octanol–water partition coefficient (Wildman–Crippen LogP) is 5.49. The van der Waals surface area contributed by atoms with Crippen molar-refractivity contribution in [1.82, 2.24) is 9.55 Å². The Morgan fingerprint density at radius 1 is 1.22 bits per heavy atom. The summed E-state index contributed by atoms with van der Waals surface area (Å²) in [6.07, 6.45) is -0.244. The van der Waals surface area contributed by atoms with Crippen molar-refractivity contribution < 1.29 is 18.3 Å². The lowest BCUT2D eigenvalue weighted by Gasteiger charge is -2.15. The number of aromatic nitrogens is 2. The number of rotatable bonds is 5. The third kappa shape index (κ3) is 3.30. The molecule has 0 bridgehead atoms. The maximum Gasteiger partial charge on any atom is 0.320 e. The topological polar surface area (TPSA) is 44.1 Å². The largest absolute Gasteiger partial charge is 0.454 e. The number of ether oxygens (including phenoxy) is 1. The van der Waals surface area contributed by atoms with E-state index in [2.05, 4.69) is 4.98 Å². The van der Waals surface area contributed by atoms with E-state index in [4.69, 9.17) is 16.3 Å². The van der Waals surface area contributed by atoms with Crippen molar-refractivity contribution in [2.45, 2.75) is 31.9 Å². The molecule has 1 fully saturated rings. The Bertz CT molecular complexity index is 1000. The van der Waals surface area contributed by atoms with Crippen LogP contribution in [0.25, 0.3) is 11.0 Å². The van der Waals surface area contributed by atoms with Gasteiger partial charge in [-0.25, -0.2) is 4.98 Å². The van der Waals surface area contributed by atoms with Gasteiger partial charge in [0.2, 0.25) is 0 Å². The summed E-state index contributed by atoms with van der Waals surface area (Å²) < 4.78 is 33.4. The van der Waals surface area contributed by atoms with E-state index in [9.17, 15) is 13.6 Å². The molecule has 1 aliphatic rings. The molecule has 0 amide bonds. The van der Waals surface area contributed by atoms with Crippen LogP contribution in [0.4, 0.5) is 8.78 Å². The number of hydrogen-bond donors (Lipinski definition) is 0. The number of alkyl halides is 2. The summed E-state index contributed by atoms with van der Waals surface area (Å²) in [4.78, 5) is 16.7. The molecule has 140 valence electrons. The number of imidazole rings is 1. The zero-order valence-electron chi connectivity index (χ0n) is 14.5. The van der Waals surface area contributed by atoms with E-state index in [0.29, 0.717) is 22.5 Å². The molecule has 0 radical (unpaired) electrons. The molecule has 0 saturated heterocycles. The molecule has 0 spiro atoms. The lowest BCUT2D eigenvalue weighted by Crippen LogP contribution is -2.16. The van der Waals surface area contributed by atoms with Crippen LogP contribution in [0.15, 0.2) is 48.5 Å². The Morgan fingerprint density at radius 2 is 1.93 bits per heavy atom. The van der Waals surface area contributed by atoms with Gasteiger partial charge in [-0.1, -0.05) is 41.9 Å². The average Bonchev–Trinajstić information content (AvgIpc) is 3.33. The van der Waals surface area contributed by atoms with Gasteiger partial charge in [-0.2, -0.15) is 8.78 Å². The summed E-state index contributed by atoms with van der Waals surface area (Å²) in [7, 11) is 0. The number of carbonyl (C=O) groups excluding carboxylic acids is 1. The van der Waals surface area contributed by atoms with Crippen molar-refractivity contribution in [3.8, 4) is 0 Å². The lowest BCUT2D eigenvalue weighted by atomic mass is 10.1. The van der Waals surface area contributed by atoms with E-state index >= 15 is 0 Å². The van der Waals surface area contributed by atoms with Crippen LogP contribution in [0, 0.1) is 5.92 Å². The van der Waals surface area contributed by atoms with Gasteiger partial charge in [-0.3, -0.25) is 9.36 Å². The quantitative estimate of drug-likeness (QED) is 0.541. The van der Waals surface area contributed by atoms with E-state index in [1.807, 2.05) is 18.2 Å². The third-order valence-electron chi connectivity index (χ3n) is 4.87.